The number of carbonyl (C=O) groups excluding carboxylic acids is 8. The van der Waals surface area contributed by atoms with Crippen molar-refractivity contribution in [2.75, 3.05) is 52.6 Å². The number of likely N-dealkylation sites (tertiary alicyclic amines) is 1. The molecule has 7 amide bonds. The fourth-order valence-corrected chi connectivity index (χ4v) is 10.8. The molecule has 6 heterocycles. The number of aryl methyl sites for hydroxylation is 1. The Balaban J connectivity index is 0.728. The van der Waals surface area contributed by atoms with E-state index in [9.17, 15) is 48.3 Å². The van der Waals surface area contributed by atoms with Crippen LogP contribution in [-0.4, -0.2) is 130 Å². The average Bonchev–Trinajstić information content (AvgIpc) is 3.93. The first-order valence-corrected chi connectivity index (χ1v) is 25.6. The highest BCUT2D eigenvalue weighted by atomic mass is 19.1. The number of aliphatic hydroxyl groups is 1. The lowest BCUT2D eigenvalue weighted by molar-refractivity contribution is -0.172. The number of cyclic esters (lactones) is 1. The molecule has 0 radical (unpaired) electrons. The van der Waals surface area contributed by atoms with Gasteiger partial charge in [-0.2, -0.15) is 0 Å². The number of hydrogen-bond donors (Lipinski definition) is 6. The molecular weight excluding hydrogens is 986 g/mol. The largest absolute Gasteiger partial charge is 0.458 e. The minimum absolute atomic E-state index is 0.00461. The summed E-state index contributed by atoms with van der Waals surface area (Å²) < 4.78 is 28.2. The van der Waals surface area contributed by atoms with Crippen LogP contribution in [0.3, 0.4) is 0 Å². The molecule has 9 rings (SSSR count). The monoisotopic (exact) mass is 1050 g/mol. The van der Waals surface area contributed by atoms with Crippen molar-refractivity contribution in [3.05, 3.63) is 110 Å². The first kappa shape index (κ1) is 53.1. The number of fused-ring (bicyclic) bond motifs is 5. The molecule has 1 saturated heterocycles. The predicted octanol–water partition coefficient (Wildman–Crippen LogP) is 1.10. The second-order valence-electron chi connectivity index (χ2n) is 19.9. The molecule has 6 N–H and O–H groups in total. The molecule has 0 unspecified atom stereocenters. The summed E-state index contributed by atoms with van der Waals surface area (Å²) in [6, 6.07) is 10.8. The van der Waals surface area contributed by atoms with Gasteiger partial charge in [0.1, 0.15) is 25.2 Å². The molecule has 1 fully saturated rings. The van der Waals surface area contributed by atoms with Crippen LogP contribution in [0.5, 0.6) is 0 Å². The van der Waals surface area contributed by atoms with E-state index in [0.717, 1.165) is 32.5 Å². The molecule has 2 aromatic heterocycles. The van der Waals surface area contributed by atoms with E-state index in [-0.39, 0.29) is 104 Å². The number of esters is 1. The summed E-state index contributed by atoms with van der Waals surface area (Å²) >= 11 is 0. The van der Waals surface area contributed by atoms with Crippen molar-refractivity contribution in [3.63, 3.8) is 0 Å². The van der Waals surface area contributed by atoms with Crippen LogP contribution in [-0.2, 0) is 79.4 Å². The van der Waals surface area contributed by atoms with Gasteiger partial charge in [0.15, 0.2) is 5.60 Å². The van der Waals surface area contributed by atoms with Gasteiger partial charge in [0.05, 0.1) is 55.3 Å². The van der Waals surface area contributed by atoms with Gasteiger partial charge in [-0.3, -0.25) is 48.2 Å². The Morgan fingerprint density at radius 3 is 2.34 bits per heavy atom. The van der Waals surface area contributed by atoms with Gasteiger partial charge in [-0.05, 0) is 67.3 Å². The maximum Gasteiger partial charge on any atom is 0.343 e. The van der Waals surface area contributed by atoms with Gasteiger partial charge in [-0.1, -0.05) is 43.7 Å². The lowest BCUT2D eigenvalue weighted by atomic mass is 9.79. The second-order valence-corrected chi connectivity index (χ2v) is 19.9. The fourth-order valence-electron chi connectivity index (χ4n) is 10.8. The molecule has 4 aliphatic heterocycles. The minimum Gasteiger partial charge on any atom is -0.458 e. The summed E-state index contributed by atoms with van der Waals surface area (Å²) in [5.74, 6) is -4.63. The highest BCUT2D eigenvalue weighted by Gasteiger charge is 2.46. The fraction of sp³-hybridized carbons (Fsp3) is 0.444. The molecule has 4 aromatic rings. The highest BCUT2D eigenvalue weighted by molar-refractivity contribution is 6.12. The van der Waals surface area contributed by atoms with Crippen LogP contribution in [0.2, 0.25) is 0 Å². The molecule has 22 heteroatoms. The number of amides is 7. The number of carbonyl (C=O) groups is 8. The SMILES string of the molecule is CC[C@@]1(O)C(=O)OCc2c1cc1n(c2=O)Cc2c-1nc1cc(F)c(C)c3c1c2[C@@H](N1CC(COCNC(=O)CNC(=O)[C@H](Cc2ccccc2)NC(=O)CNC(=O)CNC(=O)CCCCCN2C(=O)C=CC2=O)C1)CC3. The van der Waals surface area contributed by atoms with Crippen molar-refractivity contribution in [1.82, 2.24) is 45.9 Å². The Labute approximate surface area is 435 Å². The van der Waals surface area contributed by atoms with Gasteiger partial charge < -0.3 is 45.7 Å². The Morgan fingerprint density at radius 2 is 1.59 bits per heavy atom. The highest BCUT2D eigenvalue weighted by Crippen LogP contribution is 2.48. The summed E-state index contributed by atoms with van der Waals surface area (Å²) in [5.41, 5.74) is 3.51. The molecule has 76 heavy (non-hydrogen) atoms. The van der Waals surface area contributed by atoms with Crippen LogP contribution in [0.4, 0.5) is 4.39 Å². The summed E-state index contributed by atoms with van der Waals surface area (Å²) in [5, 5.41) is 25.0. The number of imide groups is 1. The molecule has 400 valence electrons. The number of benzene rings is 2. The first-order chi connectivity index (χ1) is 36.5. The van der Waals surface area contributed by atoms with Crippen molar-refractivity contribution < 1.29 is 57.3 Å². The predicted molar refractivity (Wildman–Crippen MR) is 270 cm³/mol. The summed E-state index contributed by atoms with van der Waals surface area (Å²) in [7, 11) is 0. The average molecular weight is 1050 g/mol. The molecule has 2 aromatic carbocycles. The van der Waals surface area contributed by atoms with E-state index in [1.54, 1.807) is 54.8 Å². The third kappa shape index (κ3) is 11.0. The Kier molecular flexibility index (Phi) is 15.8. The van der Waals surface area contributed by atoms with Crippen molar-refractivity contribution in [1.29, 1.82) is 0 Å². The maximum atomic E-state index is 15.4. The van der Waals surface area contributed by atoms with E-state index in [1.807, 2.05) is 0 Å². The Hall–Kier alpha value is -7.69. The summed E-state index contributed by atoms with van der Waals surface area (Å²) in [6.07, 6.45) is 5.57. The van der Waals surface area contributed by atoms with Crippen LogP contribution in [0, 0.1) is 18.7 Å². The van der Waals surface area contributed by atoms with Crippen LogP contribution < -0.4 is 32.1 Å². The third-order valence-corrected chi connectivity index (χ3v) is 14.9. The first-order valence-electron chi connectivity index (χ1n) is 25.6. The van der Waals surface area contributed by atoms with Crippen LogP contribution in [0.1, 0.15) is 90.4 Å². The number of halogens is 1. The summed E-state index contributed by atoms with van der Waals surface area (Å²) in [6.45, 7) is 3.90. The molecule has 0 bridgehead atoms. The molecule has 1 aliphatic carbocycles. The number of unbranched alkanes of at least 4 members (excludes halogenated alkanes) is 2. The van der Waals surface area contributed by atoms with E-state index in [0.29, 0.717) is 74.3 Å². The molecular formula is C54H60FN9O12. The van der Waals surface area contributed by atoms with E-state index in [4.69, 9.17) is 14.5 Å². The van der Waals surface area contributed by atoms with Gasteiger partial charge in [-0.15, -0.1) is 0 Å². The van der Waals surface area contributed by atoms with Gasteiger partial charge >= 0.3 is 5.97 Å². The normalized spacial score (nSPS) is 18.8. The molecule has 0 spiro atoms. The Morgan fingerprint density at radius 1 is 0.882 bits per heavy atom. The van der Waals surface area contributed by atoms with Crippen molar-refractivity contribution >= 4 is 58.2 Å². The zero-order valence-electron chi connectivity index (χ0n) is 42.3. The number of aromatic nitrogens is 2. The lowest BCUT2D eigenvalue weighted by Gasteiger charge is -2.46. The smallest absolute Gasteiger partial charge is 0.343 e. The standard InChI is InChI=1S/C54H60FN9O12/c1-3-54(74)36-19-41-50-34(26-64(41)52(72)35(36)28-76-53(54)73)49-40(14-13-33-30(2)37(55)20-38(61-50)48(33)49)62-24-32(25-62)27-75-29-59-44(67)22-58-51(71)39(18-31-10-6-4-7-11-31)60-45(68)23-57-43(66)21-56-42(65)12-8-5-9-17-63-46(69)15-16-47(63)70/h4,6-7,10-11,15-16,19-20,32,39-40,74H,3,5,8-9,12-14,17-18,21-29H2,1-2H3,(H,56,65)(H,57,66)(H,58,71)(H,59,67)(H,60,68)/t39-,40-,54-/m0/s1. The van der Waals surface area contributed by atoms with Crippen molar-refractivity contribution in [2.24, 2.45) is 5.92 Å². The van der Waals surface area contributed by atoms with Crippen LogP contribution >= 0.6 is 0 Å². The number of hydrogen-bond acceptors (Lipinski definition) is 14. The third-order valence-electron chi connectivity index (χ3n) is 14.9. The number of pyridine rings is 2. The van der Waals surface area contributed by atoms with E-state index in [2.05, 4.69) is 31.5 Å². The van der Waals surface area contributed by atoms with E-state index < -0.39 is 54.3 Å². The summed E-state index contributed by atoms with van der Waals surface area (Å²) in [4.78, 5) is 122. The second kappa shape index (κ2) is 22.7. The van der Waals surface area contributed by atoms with Crippen molar-refractivity contribution in [3.8, 4) is 11.4 Å². The lowest BCUT2D eigenvalue weighted by Crippen LogP contribution is -2.52. The molecule has 21 nitrogen and oxygen atoms in total. The quantitative estimate of drug-likeness (QED) is 0.0245. The van der Waals surface area contributed by atoms with Crippen LogP contribution in [0.15, 0.2) is 59.4 Å². The number of nitrogens with one attached hydrogen (secondary N) is 5. The van der Waals surface area contributed by atoms with Gasteiger partial charge in [-0.25, -0.2) is 14.2 Å². The van der Waals surface area contributed by atoms with E-state index in [1.165, 1.54) is 18.2 Å². The van der Waals surface area contributed by atoms with E-state index >= 15 is 4.39 Å². The molecule has 3 atom stereocenters. The van der Waals surface area contributed by atoms with Crippen molar-refractivity contribution in [2.45, 2.75) is 96.1 Å². The van der Waals surface area contributed by atoms with Gasteiger partial charge in [0, 0.05) is 79.2 Å². The van der Waals surface area contributed by atoms with Crippen LogP contribution in [0.25, 0.3) is 22.3 Å². The topological polar surface area (TPSA) is 277 Å². The zero-order chi connectivity index (χ0) is 53.8. The Bertz CT molecular complexity index is 3100. The number of rotatable bonds is 22. The van der Waals surface area contributed by atoms with Gasteiger partial charge in [0.2, 0.25) is 29.5 Å². The maximum absolute atomic E-state index is 15.4. The van der Waals surface area contributed by atoms with Gasteiger partial charge in [0.25, 0.3) is 17.4 Å². The molecule has 5 aliphatic rings. The minimum atomic E-state index is -1.99. The zero-order valence-corrected chi connectivity index (χ0v) is 42.3. The number of ether oxygens (including phenoxy) is 2. The molecule has 0 saturated carbocycles. The number of nitrogens with zero attached hydrogens (tertiary/aromatic N) is 4.